The molecule has 0 heterocycles. The number of halogens is 5. The van der Waals surface area contributed by atoms with Crippen molar-refractivity contribution in [1.29, 1.82) is 0 Å². The van der Waals surface area contributed by atoms with Gasteiger partial charge in [-0.3, -0.25) is 4.79 Å². The highest BCUT2D eigenvalue weighted by atomic mass is 35.5. The second kappa shape index (κ2) is 4.88. The molecule has 0 unspecified atom stereocenters. The third-order valence-corrected chi connectivity index (χ3v) is 3.15. The molecule has 0 radical (unpaired) electrons. The highest BCUT2D eigenvalue weighted by Crippen LogP contribution is 2.35. The van der Waals surface area contributed by atoms with Gasteiger partial charge in [-0.2, -0.15) is 13.2 Å². The van der Waals surface area contributed by atoms with Crippen molar-refractivity contribution in [2.75, 3.05) is 5.88 Å². The fraction of sp³-hybridized carbons (Fsp3) is 0.417. The molecule has 0 spiro atoms. The van der Waals surface area contributed by atoms with Crippen LogP contribution in [0.5, 0.6) is 0 Å². The number of benzene rings is 1. The van der Waals surface area contributed by atoms with Gasteiger partial charge in [-0.1, -0.05) is 13.8 Å². The van der Waals surface area contributed by atoms with Crippen LogP contribution >= 0.6 is 11.6 Å². The first-order chi connectivity index (χ1) is 8.09. The third kappa shape index (κ3) is 3.02. The second-order valence-electron chi connectivity index (χ2n) is 4.53. The van der Waals surface area contributed by atoms with E-state index < -0.39 is 34.3 Å². The number of rotatable bonds is 3. The fourth-order valence-corrected chi connectivity index (χ4v) is 1.50. The molecule has 0 aliphatic rings. The number of alkyl halides is 4. The zero-order valence-corrected chi connectivity index (χ0v) is 10.5. The summed E-state index contributed by atoms with van der Waals surface area (Å²) in [6.07, 6.45) is -4.78. The first-order valence-electron chi connectivity index (χ1n) is 5.07. The van der Waals surface area contributed by atoms with Gasteiger partial charge in [-0.25, -0.2) is 4.39 Å². The summed E-state index contributed by atoms with van der Waals surface area (Å²) >= 11 is 5.56. The smallest absolute Gasteiger partial charge is 0.294 e. The number of hydrogen-bond donors (Lipinski definition) is 0. The molecule has 0 atom stereocenters. The highest BCUT2D eigenvalue weighted by molar-refractivity contribution is 6.21. The number of Topliss-reactive ketones (excluding diaryl/α,β-unsaturated/α-hetero) is 1. The van der Waals surface area contributed by atoms with E-state index in [-0.39, 0.29) is 5.88 Å². The summed E-state index contributed by atoms with van der Waals surface area (Å²) in [4.78, 5) is 12.0. The molecule has 0 saturated heterocycles. The van der Waals surface area contributed by atoms with Crippen LogP contribution in [0.3, 0.4) is 0 Å². The van der Waals surface area contributed by atoms with Crippen LogP contribution in [-0.2, 0) is 6.18 Å². The minimum atomic E-state index is -4.78. The van der Waals surface area contributed by atoms with Gasteiger partial charge in [0.2, 0.25) is 0 Å². The van der Waals surface area contributed by atoms with E-state index in [9.17, 15) is 22.4 Å². The molecule has 0 bridgehead atoms. The summed E-state index contributed by atoms with van der Waals surface area (Å²) in [5.74, 6) is -1.92. The lowest BCUT2D eigenvalue weighted by atomic mass is 9.84. The normalized spacial score (nSPS) is 12.6. The average molecular weight is 283 g/mol. The molecule has 1 nitrogen and oxygen atoms in total. The molecular weight excluding hydrogens is 272 g/mol. The minimum Gasteiger partial charge on any atom is -0.294 e. The molecule has 1 aromatic rings. The molecule has 0 aliphatic carbocycles. The molecule has 0 amide bonds. The van der Waals surface area contributed by atoms with E-state index in [1.165, 1.54) is 13.8 Å². The Kier molecular flexibility index (Phi) is 4.05. The molecule has 0 saturated carbocycles. The Labute approximate surface area is 107 Å². The quantitative estimate of drug-likeness (QED) is 0.459. The predicted octanol–water partition coefficient (Wildman–Crippen LogP) is 4.29. The molecule has 18 heavy (non-hydrogen) atoms. The summed E-state index contributed by atoms with van der Waals surface area (Å²) < 4.78 is 51.1. The molecule has 100 valence electrons. The molecule has 0 fully saturated rings. The lowest BCUT2D eigenvalue weighted by Crippen LogP contribution is -2.28. The van der Waals surface area contributed by atoms with Crippen molar-refractivity contribution in [2.45, 2.75) is 20.0 Å². The molecule has 0 aromatic heterocycles. The minimum absolute atomic E-state index is 0.124. The average Bonchev–Trinajstić information content (AvgIpc) is 2.27. The summed E-state index contributed by atoms with van der Waals surface area (Å²) in [6, 6.07) is 1.99. The molecule has 0 aliphatic heterocycles. The lowest BCUT2D eigenvalue weighted by Gasteiger charge is -2.22. The highest BCUT2D eigenvalue weighted by Gasteiger charge is 2.38. The van der Waals surface area contributed by atoms with E-state index in [2.05, 4.69) is 0 Å². The number of hydrogen-bond acceptors (Lipinski definition) is 1. The number of carbonyl (C=O) groups excluding carboxylic acids is 1. The van der Waals surface area contributed by atoms with Gasteiger partial charge < -0.3 is 0 Å². The van der Waals surface area contributed by atoms with Crippen molar-refractivity contribution in [3.05, 3.63) is 35.1 Å². The predicted molar refractivity (Wildman–Crippen MR) is 60.2 cm³/mol. The van der Waals surface area contributed by atoms with Crippen LogP contribution in [0.2, 0.25) is 0 Å². The molecule has 1 rings (SSSR count). The van der Waals surface area contributed by atoms with Crippen LogP contribution in [0.4, 0.5) is 17.6 Å². The monoisotopic (exact) mass is 282 g/mol. The first-order valence-corrected chi connectivity index (χ1v) is 5.60. The Morgan fingerprint density at radius 1 is 1.28 bits per heavy atom. The standard InChI is InChI=1S/C12H11ClF4O/c1-11(2,6-13)10(18)8-4-3-7(14)5-9(8)12(15,16)17/h3-5H,6H2,1-2H3. The van der Waals surface area contributed by atoms with E-state index in [1.54, 1.807) is 0 Å². The Morgan fingerprint density at radius 3 is 2.28 bits per heavy atom. The van der Waals surface area contributed by atoms with Gasteiger partial charge in [0.15, 0.2) is 5.78 Å². The van der Waals surface area contributed by atoms with Crippen LogP contribution in [-0.4, -0.2) is 11.7 Å². The number of ketones is 1. The van der Waals surface area contributed by atoms with Gasteiger partial charge in [-0.15, -0.1) is 11.6 Å². The molecule has 0 N–H and O–H groups in total. The van der Waals surface area contributed by atoms with Crippen molar-refractivity contribution in [1.82, 2.24) is 0 Å². The van der Waals surface area contributed by atoms with Crippen LogP contribution in [0.15, 0.2) is 18.2 Å². The second-order valence-corrected chi connectivity index (χ2v) is 4.80. The Bertz CT molecular complexity index is 466. The van der Waals surface area contributed by atoms with Crippen LogP contribution < -0.4 is 0 Å². The van der Waals surface area contributed by atoms with Gasteiger partial charge >= 0.3 is 6.18 Å². The molecule has 1 aromatic carbocycles. The lowest BCUT2D eigenvalue weighted by molar-refractivity contribution is -0.138. The van der Waals surface area contributed by atoms with Crippen LogP contribution in [0, 0.1) is 11.2 Å². The zero-order chi connectivity index (χ0) is 14.1. The Balaban J connectivity index is 3.38. The van der Waals surface area contributed by atoms with E-state index in [0.29, 0.717) is 6.07 Å². The van der Waals surface area contributed by atoms with E-state index in [0.717, 1.165) is 12.1 Å². The van der Waals surface area contributed by atoms with E-state index in [1.807, 2.05) is 0 Å². The van der Waals surface area contributed by atoms with Crippen molar-refractivity contribution < 1.29 is 22.4 Å². The molecule has 6 heteroatoms. The Hall–Kier alpha value is -1.10. The SMILES string of the molecule is CC(C)(CCl)C(=O)c1ccc(F)cc1C(F)(F)F. The molecular formula is C12H11ClF4O. The first kappa shape index (κ1) is 15.0. The van der Waals surface area contributed by atoms with E-state index >= 15 is 0 Å². The van der Waals surface area contributed by atoms with Crippen molar-refractivity contribution in [2.24, 2.45) is 5.41 Å². The van der Waals surface area contributed by atoms with Gasteiger partial charge in [-0.05, 0) is 18.2 Å². The summed E-state index contributed by atoms with van der Waals surface area (Å²) in [5.41, 5.74) is -2.97. The number of carbonyl (C=O) groups is 1. The van der Waals surface area contributed by atoms with Crippen LogP contribution in [0.1, 0.15) is 29.8 Å². The maximum atomic E-state index is 12.9. The largest absolute Gasteiger partial charge is 0.417 e. The van der Waals surface area contributed by atoms with Crippen LogP contribution in [0.25, 0.3) is 0 Å². The van der Waals surface area contributed by atoms with Crippen molar-refractivity contribution >= 4 is 17.4 Å². The topological polar surface area (TPSA) is 17.1 Å². The maximum absolute atomic E-state index is 12.9. The van der Waals surface area contributed by atoms with E-state index in [4.69, 9.17) is 11.6 Å². The van der Waals surface area contributed by atoms with Gasteiger partial charge in [0.1, 0.15) is 5.82 Å². The fourth-order valence-electron chi connectivity index (χ4n) is 1.37. The van der Waals surface area contributed by atoms with Gasteiger partial charge in [0.05, 0.1) is 5.56 Å². The maximum Gasteiger partial charge on any atom is 0.417 e. The van der Waals surface area contributed by atoms with Gasteiger partial charge in [0, 0.05) is 16.9 Å². The van der Waals surface area contributed by atoms with Crippen molar-refractivity contribution in [3.63, 3.8) is 0 Å². The summed E-state index contributed by atoms with van der Waals surface area (Å²) in [6.45, 7) is 2.87. The van der Waals surface area contributed by atoms with Gasteiger partial charge in [0.25, 0.3) is 0 Å². The third-order valence-electron chi connectivity index (χ3n) is 2.48. The van der Waals surface area contributed by atoms with Crippen molar-refractivity contribution in [3.8, 4) is 0 Å². The summed E-state index contributed by atoms with van der Waals surface area (Å²) in [7, 11) is 0. The summed E-state index contributed by atoms with van der Waals surface area (Å²) in [5, 5.41) is 0. The zero-order valence-electron chi connectivity index (χ0n) is 9.74. The Morgan fingerprint density at radius 2 is 1.83 bits per heavy atom.